The minimum atomic E-state index is -0.147. The molecule has 1 aliphatic heterocycles. The first kappa shape index (κ1) is 14.3. The Morgan fingerprint density at radius 3 is 2.33 bits per heavy atom. The molecule has 0 spiro atoms. The van der Waals surface area contributed by atoms with Crippen molar-refractivity contribution in [2.45, 2.75) is 57.4 Å². The van der Waals surface area contributed by atoms with E-state index in [0.717, 1.165) is 44.2 Å². The Kier molecular flexibility index (Phi) is 4.70. The molecule has 0 aromatic carbocycles. The van der Waals surface area contributed by atoms with Crippen molar-refractivity contribution in [1.82, 2.24) is 5.32 Å². The van der Waals surface area contributed by atoms with Crippen LogP contribution in [0.25, 0.3) is 0 Å². The zero-order valence-corrected chi connectivity index (χ0v) is 12.9. The van der Waals surface area contributed by atoms with Crippen LogP contribution in [-0.2, 0) is 9.53 Å². The van der Waals surface area contributed by atoms with Gasteiger partial charge in [0.1, 0.15) is 0 Å². The smallest absolute Gasteiger partial charge is 0.226 e. The Hall–Kier alpha value is -0.0900. The van der Waals surface area contributed by atoms with E-state index < -0.39 is 0 Å². The number of hydrogen-bond donors (Lipinski definition) is 1. The zero-order valence-electron chi connectivity index (χ0n) is 11.3. The van der Waals surface area contributed by atoms with Gasteiger partial charge in [-0.05, 0) is 25.7 Å². The minimum absolute atomic E-state index is 0.0875. The first-order chi connectivity index (χ1) is 8.60. The summed E-state index contributed by atoms with van der Waals surface area (Å²) in [6, 6.07) is 0. The molecule has 0 aromatic heterocycles. The summed E-state index contributed by atoms with van der Waals surface area (Å²) in [5, 5.41) is 4.15. The summed E-state index contributed by atoms with van der Waals surface area (Å²) in [6.07, 6.45) is 7.56. The van der Waals surface area contributed by atoms with E-state index in [2.05, 4.69) is 28.2 Å². The van der Waals surface area contributed by atoms with Crippen LogP contribution < -0.4 is 5.32 Å². The van der Waals surface area contributed by atoms with E-state index in [0.29, 0.717) is 0 Å². The predicted octanol–water partition coefficient (Wildman–Crippen LogP) is 3.02. The third kappa shape index (κ3) is 3.08. The van der Waals surface area contributed by atoms with E-state index in [1.165, 1.54) is 19.3 Å². The second kappa shape index (κ2) is 5.91. The molecule has 0 bridgehead atoms. The standard InChI is InChI=1S/C14H24BrNO2/c1-13(5-3-2-4-6-13)12(17)16-14(11-15)7-9-18-10-8-14/h2-11H2,1H3,(H,16,17). The number of amides is 1. The van der Waals surface area contributed by atoms with Crippen molar-refractivity contribution in [1.29, 1.82) is 0 Å². The van der Waals surface area contributed by atoms with Gasteiger partial charge in [0.05, 0.1) is 5.54 Å². The molecule has 4 heteroatoms. The van der Waals surface area contributed by atoms with E-state index in [-0.39, 0.29) is 16.9 Å². The van der Waals surface area contributed by atoms with E-state index in [9.17, 15) is 4.79 Å². The van der Waals surface area contributed by atoms with Crippen molar-refractivity contribution >= 4 is 21.8 Å². The molecule has 2 aliphatic rings. The maximum atomic E-state index is 12.6. The first-order valence-corrected chi connectivity index (χ1v) is 8.19. The van der Waals surface area contributed by atoms with Crippen molar-refractivity contribution in [2.75, 3.05) is 18.5 Å². The predicted molar refractivity (Wildman–Crippen MR) is 75.9 cm³/mol. The van der Waals surface area contributed by atoms with Crippen LogP contribution in [0, 0.1) is 5.41 Å². The molecule has 0 radical (unpaired) electrons. The summed E-state index contributed by atoms with van der Waals surface area (Å²) in [4.78, 5) is 12.6. The maximum absolute atomic E-state index is 12.6. The molecule has 1 saturated heterocycles. The number of halogens is 1. The zero-order chi connectivity index (χ0) is 13.1. The fraction of sp³-hybridized carbons (Fsp3) is 0.929. The molecule has 1 amide bonds. The highest BCUT2D eigenvalue weighted by atomic mass is 79.9. The van der Waals surface area contributed by atoms with Crippen LogP contribution in [0.2, 0.25) is 0 Å². The van der Waals surface area contributed by atoms with Crippen LogP contribution in [0.4, 0.5) is 0 Å². The lowest BCUT2D eigenvalue weighted by Crippen LogP contribution is -2.57. The fourth-order valence-corrected chi connectivity index (χ4v) is 3.71. The van der Waals surface area contributed by atoms with Gasteiger partial charge in [0.25, 0.3) is 0 Å². The van der Waals surface area contributed by atoms with Crippen LogP contribution in [0.1, 0.15) is 51.9 Å². The molecule has 0 aromatic rings. The Morgan fingerprint density at radius 1 is 1.17 bits per heavy atom. The van der Waals surface area contributed by atoms with E-state index in [4.69, 9.17) is 4.74 Å². The number of hydrogen-bond acceptors (Lipinski definition) is 2. The molecule has 0 atom stereocenters. The van der Waals surface area contributed by atoms with Crippen molar-refractivity contribution < 1.29 is 9.53 Å². The van der Waals surface area contributed by atoms with Gasteiger partial charge in [-0.1, -0.05) is 42.1 Å². The van der Waals surface area contributed by atoms with Gasteiger partial charge < -0.3 is 10.1 Å². The lowest BCUT2D eigenvalue weighted by molar-refractivity contribution is -0.134. The monoisotopic (exact) mass is 317 g/mol. The number of carbonyl (C=O) groups excluding carboxylic acids is 1. The molecule has 1 saturated carbocycles. The molecule has 1 N–H and O–H groups in total. The highest BCUT2D eigenvalue weighted by Crippen LogP contribution is 2.37. The minimum Gasteiger partial charge on any atom is -0.381 e. The molecular weight excluding hydrogens is 294 g/mol. The quantitative estimate of drug-likeness (QED) is 0.813. The molecular formula is C14H24BrNO2. The SMILES string of the molecule is CC1(C(=O)NC2(CBr)CCOCC2)CCCCC1. The van der Waals surface area contributed by atoms with Crippen LogP contribution in [0.3, 0.4) is 0 Å². The van der Waals surface area contributed by atoms with Gasteiger partial charge in [0.15, 0.2) is 0 Å². The molecule has 1 aliphatic carbocycles. The number of nitrogens with one attached hydrogen (secondary N) is 1. The van der Waals surface area contributed by atoms with E-state index in [1.54, 1.807) is 0 Å². The molecule has 3 nitrogen and oxygen atoms in total. The highest BCUT2D eigenvalue weighted by Gasteiger charge is 2.40. The second-order valence-corrected chi connectivity index (χ2v) is 6.66. The first-order valence-electron chi connectivity index (χ1n) is 7.07. The van der Waals surface area contributed by atoms with Gasteiger partial charge in [-0.25, -0.2) is 0 Å². The number of ether oxygens (including phenoxy) is 1. The maximum Gasteiger partial charge on any atom is 0.226 e. The number of rotatable bonds is 3. The van der Waals surface area contributed by atoms with Crippen molar-refractivity contribution in [2.24, 2.45) is 5.41 Å². The lowest BCUT2D eigenvalue weighted by Gasteiger charge is -2.41. The summed E-state index contributed by atoms with van der Waals surface area (Å²) in [6.45, 7) is 3.63. The van der Waals surface area contributed by atoms with Crippen molar-refractivity contribution in [3.8, 4) is 0 Å². The van der Waals surface area contributed by atoms with Crippen LogP contribution in [-0.4, -0.2) is 30.0 Å². The third-order valence-electron chi connectivity index (χ3n) is 4.59. The topological polar surface area (TPSA) is 38.3 Å². The Labute approximate surface area is 118 Å². The lowest BCUT2D eigenvalue weighted by atomic mass is 9.74. The number of alkyl halides is 1. The van der Waals surface area contributed by atoms with Gasteiger partial charge in [0.2, 0.25) is 5.91 Å². The molecule has 2 rings (SSSR count). The third-order valence-corrected chi connectivity index (χ3v) is 5.66. The van der Waals surface area contributed by atoms with Crippen molar-refractivity contribution in [3.63, 3.8) is 0 Å². The highest BCUT2D eigenvalue weighted by molar-refractivity contribution is 9.09. The summed E-state index contributed by atoms with van der Waals surface area (Å²) in [5.74, 6) is 0.253. The van der Waals surface area contributed by atoms with Crippen LogP contribution in [0.5, 0.6) is 0 Å². The largest absolute Gasteiger partial charge is 0.381 e. The molecule has 1 heterocycles. The summed E-state index contributed by atoms with van der Waals surface area (Å²) < 4.78 is 5.41. The fourth-order valence-electron chi connectivity index (χ4n) is 3.01. The summed E-state index contributed by atoms with van der Waals surface area (Å²) in [5.41, 5.74) is -0.235. The Bertz CT molecular complexity index is 294. The van der Waals surface area contributed by atoms with E-state index >= 15 is 0 Å². The average molecular weight is 318 g/mol. The van der Waals surface area contributed by atoms with Gasteiger partial charge in [0, 0.05) is 24.0 Å². The van der Waals surface area contributed by atoms with Crippen LogP contribution >= 0.6 is 15.9 Å². The molecule has 18 heavy (non-hydrogen) atoms. The Morgan fingerprint density at radius 2 is 1.78 bits per heavy atom. The van der Waals surface area contributed by atoms with Crippen molar-refractivity contribution in [3.05, 3.63) is 0 Å². The average Bonchev–Trinajstić information content (AvgIpc) is 2.40. The van der Waals surface area contributed by atoms with Gasteiger partial charge in [-0.2, -0.15) is 0 Å². The second-order valence-electron chi connectivity index (χ2n) is 6.10. The van der Waals surface area contributed by atoms with Gasteiger partial charge in [-0.3, -0.25) is 4.79 Å². The van der Waals surface area contributed by atoms with E-state index in [1.807, 2.05) is 0 Å². The molecule has 2 fully saturated rings. The summed E-state index contributed by atoms with van der Waals surface area (Å²) in [7, 11) is 0. The van der Waals surface area contributed by atoms with Crippen LogP contribution in [0.15, 0.2) is 0 Å². The summed E-state index contributed by atoms with van der Waals surface area (Å²) >= 11 is 3.57. The Balaban J connectivity index is 2.00. The normalized spacial score (nSPS) is 26.6. The molecule has 0 unspecified atom stereocenters. The molecule has 104 valence electrons. The van der Waals surface area contributed by atoms with Gasteiger partial charge >= 0.3 is 0 Å². The number of carbonyl (C=O) groups is 1. The van der Waals surface area contributed by atoms with Gasteiger partial charge in [-0.15, -0.1) is 0 Å².